The van der Waals surface area contributed by atoms with E-state index in [1.54, 1.807) is 30.3 Å². The Balaban J connectivity index is 1.42. The number of esters is 1. The summed E-state index contributed by atoms with van der Waals surface area (Å²) in [6.45, 7) is 1.01. The molecule has 1 aliphatic rings. The molecule has 0 spiro atoms. The van der Waals surface area contributed by atoms with Crippen molar-refractivity contribution in [3.8, 4) is 28.9 Å². The maximum absolute atomic E-state index is 12.1. The van der Waals surface area contributed by atoms with Crippen molar-refractivity contribution < 1.29 is 23.5 Å². The highest BCUT2D eigenvalue weighted by Crippen LogP contribution is 2.34. The van der Waals surface area contributed by atoms with Crippen LogP contribution in [-0.4, -0.2) is 24.3 Å². The molecule has 4 rings (SSSR count). The van der Waals surface area contributed by atoms with Gasteiger partial charge in [-0.3, -0.25) is 0 Å². The third-order valence-electron chi connectivity index (χ3n) is 3.99. The zero-order chi connectivity index (χ0) is 18.6. The standard InChI is InChI=1S/C20H14N2O5/c21-11-13-1-3-14(4-2-13)20(23)26-12-16-10-18(27-22-16)15-5-6-17-19(9-15)25-8-7-24-17/h1-6,9-10H,7-8,12H2. The van der Waals surface area contributed by atoms with Gasteiger partial charge in [-0.25, -0.2) is 4.79 Å². The van der Waals surface area contributed by atoms with Gasteiger partial charge in [0.25, 0.3) is 0 Å². The molecular formula is C20H14N2O5. The van der Waals surface area contributed by atoms with Gasteiger partial charge >= 0.3 is 5.97 Å². The maximum Gasteiger partial charge on any atom is 0.338 e. The van der Waals surface area contributed by atoms with E-state index in [9.17, 15) is 4.79 Å². The van der Waals surface area contributed by atoms with Crippen molar-refractivity contribution in [3.05, 3.63) is 65.4 Å². The number of hydrogen-bond donors (Lipinski definition) is 0. The summed E-state index contributed by atoms with van der Waals surface area (Å²) in [4.78, 5) is 12.1. The van der Waals surface area contributed by atoms with Gasteiger partial charge in [0.2, 0.25) is 0 Å². The fraction of sp³-hybridized carbons (Fsp3) is 0.150. The second-order valence-electron chi connectivity index (χ2n) is 5.81. The van der Waals surface area contributed by atoms with Crippen molar-refractivity contribution in [3.63, 3.8) is 0 Å². The molecule has 3 aromatic rings. The van der Waals surface area contributed by atoms with Gasteiger partial charge in [-0.05, 0) is 42.5 Å². The molecule has 134 valence electrons. The Morgan fingerprint density at radius 1 is 1.07 bits per heavy atom. The Morgan fingerprint density at radius 3 is 2.63 bits per heavy atom. The third kappa shape index (κ3) is 3.60. The van der Waals surface area contributed by atoms with Gasteiger partial charge in [-0.15, -0.1) is 0 Å². The van der Waals surface area contributed by atoms with Gasteiger partial charge < -0.3 is 18.7 Å². The molecule has 0 atom stereocenters. The van der Waals surface area contributed by atoms with Gasteiger partial charge in [0, 0.05) is 11.6 Å². The van der Waals surface area contributed by atoms with E-state index in [-0.39, 0.29) is 6.61 Å². The molecule has 7 nitrogen and oxygen atoms in total. The van der Waals surface area contributed by atoms with Crippen LogP contribution in [-0.2, 0) is 11.3 Å². The van der Waals surface area contributed by atoms with Gasteiger partial charge in [0.05, 0.1) is 17.2 Å². The van der Waals surface area contributed by atoms with Crippen molar-refractivity contribution in [2.75, 3.05) is 13.2 Å². The van der Waals surface area contributed by atoms with E-state index in [0.29, 0.717) is 47.3 Å². The number of rotatable bonds is 4. The van der Waals surface area contributed by atoms with Gasteiger partial charge in [0.15, 0.2) is 17.3 Å². The Bertz CT molecular complexity index is 1020. The van der Waals surface area contributed by atoms with E-state index in [1.165, 1.54) is 0 Å². The molecule has 0 unspecified atom stereocenters. The fourth-order valence-corrected chi connectivity index (χ4v) is 2.62. The third-order valence-corrected chi connectivity index (χ3v) is 3.99. The number of fused-ring (bicyclic) bond motifs is 1. The van der Waals surface area contributed by atoms with Crippen LogP contribution in [0.25, 0.3) is 11.3 Å². The Labute approximate surface area is 154 Å². The summed E-state index contributed by atoms with van der Waals surface area (Å²) in [5.41, 5.74) is 2.12. The molecule has 1 aliphatic heterocycles. The van der Waals surface area contributed by atoms with Gasteiger partial charge in [0.1, 0.15) is 25.5 Å². The molecule has 0 radical (unpaired) electrons. The zero-order valence-electron chi connectivity index (χ0n) is 14.2. The van der Waals surface area contributed by atoms with Crippen LogP contribution in [0.2, 0.25) is 0 Å². The van der Waals surface area contributed by atoms with Crippen molar-refractivity contribution in [2.45, 2.75) is 6.61 Å². The van der Waals surface area contributed by atoms with E-state index in [1.807, 2.05) is 24.3 Å². The highest BCUT2D eigenvalue weighted by Gasteiger charge is 2.15. The normalized spacial score (nSPS) is 12.3. The minimum atomic E-state index is -0.497. The quantitative estimate of drug-likeness (QED) is 0.657. The molecule has 2 heterocycles. The number of carbonyl (C=O) groups excluding carboxylic acids is 1. The van der Waals surface area contributed by atoms with E-state index >= 15 is 0 Å². The van der Waals surface area contributed by atoms with Crippen molar-refractivity contribution in [1.29, 1.82) is 5.26 Å². The minimum absolute atomic E-state index is 0.0209. The van der Waals surface area contributed by atoms with Gasteiger partial charge in [-0.2, -0.15) is 5.26 Å². The van der Waals surface area contributed by atoms with Crippen molar-refractivity contribution in [2.24, 2.45) is 0 Å². The maximum atomic E-state index is 12.1. The highest BCUT2D eigenvalue weighted by molar-refractivity contribution is 5.89. The lowest BCUT2D eigenvalue weighted by Gasteiger charge is -2.18. The summed E-state index contributed by atoms with van der Waals surface area (Å²) in [5, 5.41) is 12.7. The minimum Gasteiger partial charge on any atom is -0.486 e. The predicted octanol–water partition coefficient (Wildman–Crippen LogP) is 3.34. The number of nitrogens with zero attached hydrogens (tertiary/aromatic N) is 2. The molecule has 0 bridgehead atoms. The second-order valence-corrected chi connectivity index (χ2v) is 5.81. The molecule has 0 N–H and O–H groups in total. The van der Waals surface area contributed by atoms with E-state index < -0.39 is 5.97 Å². The highest BCUT2D eigenvalue weighted by atomic mass is 16.6. The first-order valence-corrected chi connectivity index (χ1v) is 8.26. The van der Waals surface area contributed by atoms with E-state index in [4.69, 9.17) is 24.0 Å². The summed E-state index contributed by atoms with van der Waals surface area (Å²) in [6, 6.07) is 15.4. The van der Waals surface area contributed by atoms with Gasteiger partial charge in [-0.1, -0.05) is 5.16 Å². The lowest BCUT2D eigenvalue weighted by Crippen LogP contribution is -2.15. The summed E-state index contributed by atoms with van der Waals surface area (Å²) < 4.78 is 21.6. The van der Waals surface area contributed by atoms with Crippen molar-refractivity contribution in [1.82, 2.24) is 5.16 Å². The molecule has 0 saturated carbocycles. The average molecular weight is 362 g/mol. The largest absolute Gasteiger partial charge is 0.486 e. The zero-order valence-corrected chi connectivity index (χ0v) is 14.2. The monoisotopic (exact) mass is 362 g/mol. The summed E-state index contributed by atoms with van der Waals surface area (Å²) >= 11 is 0. The summed E-state index contributed by atoms with van der Waals surface area (Å²) in [5.74, 6) is 1.39. The number of carbonyl (C=O) groups is 1. The van der Waals surface area contributed by atoms with E-state index in [0.717, 1.165) is 5.56 Å². The second kappa shape index (κ2) is 7.22. The van der Waals surface area contributed by atoms with Crippen LogP contribution in [0, 0.1) is 11.3 Å². The fourth-order valence-electron chi connectivity index (χ4n) is 2.62. The topological polar surface area (TPSA) is 94.6 Å². The summed E-state index contributed by atoms with van der Waals surface area (Å²) in [7, 11) is 0. The molecule has 0 aliphatic carbocycles. The van der Waals surface area contributed by atoms with Crippen LogP contribution in [0.3, 0.4) is 0 Å². The summed E-state index contributed by atoms with van der Waals surface area (Å²) in [6.07, 6.45) is 0. The number of hydrogen-bond acceptors (Lipinski definition) is 7. The average Bonchev–Trinajstić information content (AvgIpc) is 3.21. The smallest absolute Gasteiger partial charge is 0.338 e. The van der Waals surface area contributed by atoms with Crippen LogP contribution < -0.4 is 9.47 Å². The molecule has 27 heavy (non-hydrogen) atoms. The van der Waals surface area contributed by atoms with Crippen molar-refractivity contribution >= 4 is 5.97 Å². The van der Waals surface area contributed by atoms with Crippen LogP contribution in [0.4, 0.5) is 0 Å². The molecular weight excluding hydrogens is 348 g/mol. The van der Waals surface area contributed by atoms with E-state index in [2.05, 4.69) is 5.16 Å². The number of nitriles is 1. The predicted molar refractivity (Wildman–Crippen MR) is 93.2 cm³/mol. The Morgan fingerprint density at radius 2 is 1.85 bits per heavy atom. The van der Waals surface area contributed by atoms with Crippen LogP contribution >= 0.6 is 0 Å². The Hall–Kier alpha value is -3.79. The first-order chi connectivity index (χ1) is 13.2. The first-order valence-electron chi connectivity index (χ1n) is 8.26. The number of aromatic nitrogens is 1. The Kier molecular flexibility index (Phi) is 4.45. The molecule has 1 aromatic heterocycles. The number of benzene rings is 2. The molecule has 0 amide bonds. The molecule has 7 heteroatoms. The lowest BCUT2D eigenvalue weighted by atomic mass is 10.1. The van der Waals surface area contributed by atoms with Crippen LogP contribution in [0.1, 0.15) is 21.6 Å². The molecule has 0 saturated heterocycles. The number of ether oxygens (including phenoxy) is 3. The molecule has 0 fully saturated rings. The van der Waals surface area contributed by atoms with Crippen LogP contribution in [0.15, 0.2) is 53.1 Å². The first kappa shape index (κ1) is 16.7. The van der Waals surface area contributed by atoms with Crippen LogP contribution in [0.5, 0.6) is 11.5 Å². The lowest BCUT2D eigenvalue weighted by molar-refractivity contribution is 0.0464. The molecule has 2 aromatic carbocycles. The SMILES string of the molecule is N#Cc1ccc(C(=O)OCc2cc(-c3ccc4c(c3)OCCO4)on2)cc1.